The van der Waals surface area contributed by atoms with Gasteiger partial charge in [0.15, 0.2) is 0 Å². The molecule has 1 heterocycles. The lowest BCUT2D eigenvalue weighted by atomic mass is 9.96. The Labute approximate surface area is 141 Å². The van der Waals surface area contributed by atoms with Crippen molar-refractivity contribution < 1.29 is 9.53 Å². The Morgan fingerprint density at radius 3 is 2.17 bits per heavy atom. The van der Waals surface area contributed by atoms with E-state index in [1.165, 1.54) is 25.9 Å². The molecule has 1 saturated heterocycles. The zero-order valence-corrected chi connectivity index (χ0v) is 15.2. The molecule has 1 saturated carbocycles. The average molecular weight is 325 g/mol. The summed E-state index contributed by atoms with van der Waals surface area (Å²) in [7, 11) is 0. The van der Waals surface area contributed by atoms with Crippen LogP contribution in [0.1, 0.15) is 52.9 Å². The van der Waals surface area contributed by atoms with Crippen LogP contribution in [-0.2, 0) is 4.74 Å². The van der Waals surface area contributed by atoms with Crippen LogP contribution in [0.5, 0.6) is 0 Å². The number of hydrogen-bond acceptors (Lipinski definition) is 4. The molecule has 1 aliphatic carbocycles. The van der Waals surface area contributed by atoms with Crippen LogP contribution in [0.3, 0.4) is 0 Å². The van der Waals surface area contributed by atoms with Crippen LogP contribution in [0, 0.1) is 11.8 Å². The number of rotatable bonds is 7. The maximum Gasteiger partial charge on any atom is 0.410 e. The molecule has 0 aromatic rings. The Bertz CT molecular complexity index is 369. The highest BCUT2D eigenvalue weighted by Crippen LogP contribution is 2.30. The van der Waals surface area contributed by atoms with Gasteiger partial charge < -0.3 is 20.3 Å². The van der Waals surface area contributed by atoms with Gasteiger partial charge in [0, 0.05) is 26.2 Å². The van der Waals surface area contributed by atoms with Crippen molar-refractivity contribution in [2.24, 2.45) is 17.6 Å². The van der Waals surface area contributed by atoms with Crippen molar-refractivity contribution in [3.05, 3.63) is 0 Å². The van der Waals surface area contributed by atoms with E-state index in [4.69, 9.17) is 10.5 Å². The van der Waals surface area contributed by atoms with Gasteiger partial charge in [0.2, 0.25) is 0 Å². The molecule has 23 heavy (non-hydrogen) atoms. The molecule has 0 aromatic carbocycles. The van der Waals surface area contributed by atoms with Gasteiger partial charge >= 0.3 is 6.09 Å². The predicted octanol–water partition coefficient (Wildman–Crippen LogP) is 2.69. The molecule has 2 N–H and O–H groups in total. The molecule has 0 bridgehead atoms. The minimum Gasteiger partial charge on any atom is -0.444 e. The van der Waals surface area contributed by atoms with Gasteiger partial charge in [-0.25, -0.2) is 4.79 Å². The molecule has 0 aromatic heterocycles. The van der Waals surface area contributed by atoms with Crippen LogP contribution in [0.15, 0.2) is 0 Å². The van der Waals surface area contributed by atoms with Gasteiger partial charge in [-0.3, -0.25) is 0 Å². The fraction of sp³-hybridized carbons (Fsp3) is 0.944. The molecule has 0 atom stereocenters. The smallest absolute Gasteiger partial charge is 0.410 e. The summed E-state index contributed by atoms with van der Waals surface area (Å²) >= 11 is 0. The molecule has 2 aliphatic rings. The third kappa shape index (κ3) is 7.08. The van der Waals surface area contributed by atoms with Gasteiger partial charge in [-0.1, -0.05) is 0 Å². The Kier molecular flexibility index (Phi) is 6.72. The van der Waals surface area contributed by atoms with Gasteiger partial charge in [0.25, 0.3) is 0 Å². The number of nitrogens with two attached hydrogens (primary N) is 1. The van der Waals surface area contributed by atoms with E-state index in [0.29, 0.717) is 5.92 Å². The van der Waals surface area contributed by atoms with E-state index in [0.717, 1.165) is 51.4 Å². The van der Waals surface area contributed by atoms with Crippen molar-refractivity contribution in [2.75, 3.05) is 39.3 Å². The van der Waals surface area contributed by atoms with Gasteiger partial charge in [0.1, 0.15) is 5.60 Å². The molecule has 1 aliphatic heterocycles. The first-order chi connectivity index (χ1) is 10.9. The number of hydrogen-bond donors (Lipinski definition) is 1. The van der Waals surface area contributed by atoms with Crippen LogP contribution in [-0.4, -0.2) is 60.8 Å². The first kappa shape index (κ1) is 18.5. The molecule has 1 amide bonds. The zero-order valence-electron chi connectivity index (χ0n) is 15.2. The minimum atomic E-state index is -0.406. The molecule has 2 fully saturated rings. The van der Waals surface area contributed by atoms with Crippen LogP contribution in [0.2, 0.25) is 0 Å². The summed E-state index contributed by atoms with van der Waals surface area (Å²) in [6.07, 6.45) is 5.90. The highest BCUT2D eigenvalue weighted by atomic mass is 16.6. The van der Waals surface area contributed by atoms with Gasteiger partial charge in [-0.05, 0) is 77.8 Å². The molecule has 0 spiro atoms. The predicted molar refractivity (Wildman–Crippen MR) is 93.4 cm³/mol. The minimum absolute atomic E-state index is 0.158. The van der Waals surface area contributed by atoms with E-state index in [1.54, 1.807) is 0 Å². The molecule has 134 valence electrons. The Balaban J connectivity index is 1.72. The summed E-state index contributed by atoms with van der Waals surface area (Å²) in [6, 6.07) is 0. The highest BCUT2D eigenvalue weighted by Gasteiger charge is 2.29. The van der Waals surface area contributed by atoms with Crippen molar-refractivity contribution in [3.63, 3.8) is 0 Å². The molecule has 0 unspecified atom stereocenters. The number of amides is 1. The molecule has 5 nitrogen and oxygen atoms in total. The normalized spacial score (nSPS) is 20.1. The van der Waals surface area contributed by atoms with Gasteiger partial charge in [-0.15, -0.1) is 0 Å². The van der Waals surface area contributed by atoms with Crippen LogP contribution >= 0.6 is 0 Å². The summed E-state index contributed by atoms with van der Waals surface area (Å²) in [5.41, 5.74) is 5.27. The lowest BCUT2D eigenvalue weighted by Gasteiger charge is -2.35. The molecular weight excluding hydrogens is 290 g/mol. The Morgan fingerprint density at radius 2 is 1.70 bits per heavy atom. The summed E-state index contributed by atoms with van der Waals surface area (Å²) < 4.78 is 5.47. The maximum atomic E-state index is 12.1. The molecule has 0 radical (unpaired) electrons. The van der Waals surface area contributed by atoms with Crippen molar-refractivity contribution in [3.8, 4) is 0 Å². The van der Waals surface area contributed by atoms with E-state index in [9.17, 15) is 4.79 Å². The second kappa shape index (κ2) is 8.34. The number of carbonyl (C=O) groups excluding carboxylic acids is 1. The lowest BCUT2D eigenvalue weighted by Crippen LogP contribution is -2.44. The van der Waals surface area contributed by atoms with E-state index in [2.05, 4.69) is 4.90 Å². The fourth-order valence-corrected chi connectivity index (χ4v) is 3.23. The number of piperidine rings is 1. The number of carbonyl (C=O) groups is 1. The van der Waals surface area contributed by atoms with Crippen LogP contribution < -0.4 is 5.73 Å². The first-order valence-electron chi connectivity index (χ1n) is 9.27. The number of nitrogens with zero attached hydrogens (tertiary/aromatic N) is 2. The standard InChI is InChI=1S/C18H35N3O2/c1-18(2,3)23-17(22)21-11-7-16(8-12-21)14-20(10-4-9-19)13-15-5-6-15/h15-16H,4-14,19H2,1-3H3. The summed E-state index contributed by atoms with van der Waals surface area (Å²) in [5, 5.41) is 0. The quantitative estimate of drug-likeness (QED) is 0.782. The first-order valence-corrected chi connectivity index (χ1v) is 9.27. The summed E-state index contributed by atoms with van der Waals surface area (Å²) in [4.78, 5) is 16.6. The van der Waals surface area contributed by atoms with E-state index >= 15 is 0 Å². The average Bonchev–Trinajstić information content (AvgIpc) is 3.27. The second-order valence-corrected chi connectivity index (χ2v) is 8.26. The third-order valence-corrected chi connectivity index (χ3v) is 4.67. The van der Waals surface area contributed by atoms with Crippen molar-refractivity contribution in [1.29, 1.82) is 0 Å². The Morgan fingerprint density at radius 1 is 1.13 bits per heavy atom. The summed E-state index contributed by atoms with van der Waals surface area (Å²) in [6.45, 7) is 11.7. The van der Waals surface area contributed by atoms with Gasteiger partial charge in [-0.2, -0.15) is 0 Å². The summed E-state index contributed by atoms with van der Waals surface area (Å²) in [5.74, 6) is 1.62. The second-order valence-electron chi connectivity index (χ2n) is 8.26. The molecular formula is C18H35N3O2. The van der Waals surface area contributed by atoms with E-state index in [1.807, 2.05) is 25.7 Å². The maximum absolute atomic E-state index is 12.1. The van der Waals surface area contributed by atoms with Crippen molar-refractivity contribution >= 4 is 6.09 Å². The Hall–Kier alpha value is -0.810. The zero-order chi connectivity index (χ0) is 16.9. The number of ether oxygens (including phenoxy) is 1. The van der Waals surface area contributed by atoms with Crippen LogP contribution in [0.4, 0.5) is 4.79 Å². The lowest BCUT2D eigenvalue weighted by molar-refractivity contribution is 0.0169. The van der Waals surface area contributed by atoms with E-state index in [-0.39, 0.29) is 6.09 Å². The number of likely N-dealkylation sites (tertiary alicyclic amines) is 1. The van der Waals surface area contributed by atoms with Crippen molar-refractivity contribution in [1.82, 2.24) is 9.80 Å². The third-order valence-electron chi connectivity index (χ3n) is 4.67. The molecule has 2 rings (SSSR count). The fourth-order valence-electron chi connectivity index (χ4n) is 3.23. The monoisotopic (exact) mass is 325 g/mol. The topological polar surface area (TPSA) is 58.8 Å². The van der Waals surface area contributed by atoms with E-state index < -0.39 is 5.60 Å². The highest BCUT2D eigenvalue weighted by molar-refractivity contribution is 5.68. The SMILES string of the molecule is CC(C)(C)OC(=O)N1CCC(CN(CCCN)CC2CC2)CC1. The van der Waals surface area contributed by atoms with Crippen molar-refractivity contribution in [2.45, 2.75) is 58.5 Å². The molecule has 5 heteroatoms. The van der Waals surface area contributed by atoms with Gasteiger partial charge in [0.05, 0.1) is 0 Å². The van der Waals surface area contributed by atoms with Crippen LogP contribution in [0.25, 0.3) is 0 Å². The largest absolute Gasteiger partial charge is 0.444 e.